The Kier molecular flexibility index (Phi) is 4.96. The summed E-state index contributed by atoms with van der Waals surface area (Å²) in [4.78, 5) is 22.1. The number of esters is 1. The number of methoxy groups -OCH3 is 1. The highest BCUT2D eigenvalue weighted by atomic mass is 79.9. The van der Waals surface area contributed by atoms with Crippen LogP contribution in [0.5, 0.6) is 11.5 Å². The fourth-order valence-corrected chi connectivity index (χ4v) is 1.54. The number of phenols is 2. The molecule has 0 aliphatic carbocycles. The van der Waals surface area contributed by atoms with E-state index in [4.69, 9.17) is 0 Å². The van der Waals surface area contributed by atoms with Crippen molar-refractivity contribution in [2.75, 3.05) is 13.7 Å². The van der Waals surface area contributed by atoms with Crippen LogP contribution in [0.3, 0.4) is 0 Å². The summed E-state index contributed by atoms with van der Waals surface area (Å²) < 4.78 is 4.47. The standard InChI is InChI=1S/C11H12BrNO5/c1-18-11(17)8(12)5-13-10(16)7-4-6(14)2-3-9(7)15/h2-4,8,14-15H,5H2,1H3,(H,13,16). The number of alkyl halides is 1. The zero-order valence-corrected chi connectivity index (χ0v) is 11.1. The maximum atomic E-state index is 11.7. The molecule has 7 heteroatoms. The van der Waals surface area contributed by atoms with Gasteiger partial charge in [-0.15, -0.1) is 0 Å². The molecular weight excluding hydrogens is 306 g/mol. The van der Waals surface area contributed by atoms with Crippen molar-refractivity contribution in [3.63, 3.8) is 0 Å². The van der Waals surface area contributed by atoms with Gasteiger partial charge in [-0.3, -0.25) is 9.59 Å². The van der Waals surface area contributed by atoms with Crippen molar-refractivity contribution in [2.45, 2.75) is 4.83 Å². The van der Waals surface area contributed by atoms with Crippen LogP contribution in [0, 0.1) is 0 Å². The number of phenolic OH excluding ortho intramolecular Hbond substituents is 2. The van der Waals surface area contributed by atoms with Crippen LogP contribution in [0.25, 0.3) is 0 Å². The molecule has 1 rings (SSSR count). The smallest absolute Gasteiger partial charge is 0.321 e. The summed E-state index contributed by atoms with van der Waals surface area (Å²) in [5, 5.41) is 21.1. The molecule has 1 atom stereocenters. The molecule has 0 aromatic heterocycles. The van der Waals surface area contributed by atoms with Gasteiger partial charge in [0.05, 0.1) is 12.7 Å². The fraction of sp³-hybridized carbons (Fsp3) is 0.273. The Labute approximate surface area is 112 Å². The zero-order valence-electron chi connectivity index (χ0n) is 9.51. The number of carbonyl (C=O) groups is 2. The van der Waals surface area contributed by atoms with Crippen molar-refractivity contribution in [1.29, 1.82) is 0 Å². The van der Waals surface area contributed by atoms with E-state index in [1.165, 1.54) is 19.2 Å². The first-order chi connectivity index (χ1) is 8.45. The number of carbonyl (C=O) groups excluding carboxylic acids is 2. The summed E-state index contributed by atoms with van der Waals surface area (Å²) in [5.41, 5.74) is -0.0698. The molecule has 1 amide bonds. The third kappa shape index (κ3) is 3.63. The Bertz CT molecular complexity index is 463. The Balaban J connectivity index is 2.66. The number of benzene rings is 1. The van der Waals surface area contributed by atoms with Crippen LogP contribution in [-0.4, -0.2) is 40.6 Å². The first kappa shape index (κ1) is 14.3. The van der Waals surface area contributed by atoms with Gasteiger partial charge in [0, 0.05) is 6.54 Å². The van der Waals surface area contributed by atoms with Crippen LogP contribution < -0.4 is 5.32 Å². The van der Waals surface area contributed by atoms with E-state index in [9.17, 15) is 19.8 Å². The Morgan fingerprint density at radius 3 is 2.72 bits per heavy atom. The molecule has 0 heterocycles. The molecule has 6 nitrogen and oxygen atoms in total. The lowest BCUT2D eigenvalue weighted by Crippen LogP contribution is -2.33. The highest BCUT2D eigenvalue weighted by Crippen LogP contribution is 2.21. The molecule has 3 N–H and O–H groups in total. The van der Waals surface area contributed by atoms with Crippen LogP contribution in [0.1, 0.15) is 10.4 Å². The predicted molar refractivity (Wildman–Crippen MR) is 66.8 cm³/mol. The maximum absolute atomic E-state index is 11.7. The number of aromatic hydroxyl groups is 2. The van der Waals surface area contributed by atoms with E-state index in [0.717, 1.165) is 6.07 Å². The summed E-state index contributed by atoms with van der Waals surface area (Å²) in [6, 6.07) is 3.59. The molecule has 0 saturated heterocycles. The Morgan fingerprint density at radius 1 is 1.44 bits per heavy atom. The Morgan fingerprint density at radius 2 is 2.11 bits per heavy atom. The minimum Gasteiger partial charge on any atom is -0.508 e. The average molecular weight is 318 g/mol. The SMILES string of the molecule is COC(=O)C(Br)CNC(=O)c1cc(O)ccc1O. The first-order valence-corrected chi connectivity index (χ1v) is 5.89. The van der Waals surface area contributed by atoms with Crippen LogP contribution in [0.2, 0.25) is 0 Å². The number of hydrogen-bond donors (Lipinski definition) is 3. The van der Waals surface area contributed by atoms with Gasteiger partial charge >= 0.3 is 5.97 Å². The number of nitrogens with one attached hydrogen (secondary N) is 1. The highest BCUT2D eigenvalue weighted by Gasteiger charge is 2.18. The Hall–Kier alpha value is -1.76. The topological polar surface area (TPSA) is 95.9 Å². The number of rotatable bonds is 4. The van der Waals surface area contributed by atoms with Gasteiger partial charge in [-0.2, -0.15) is 0 Å². The molecule has 0 aliphatic rings. The quantitative estimate of drug-likeness (QED) is 0.433. The normalized spacial score (nSPS) is 11.7. The van der Waals surface area contributed by atoms with Crippen LogP contribution in [0.15, 0.2) is 18.2 Å². The van der Waals surface area contributed by atoms with Gasteiger partial charge < -0.3 is 20.3 Å². The van der Waals surface area contributed by atoms with Crippen molar-refractivity contribution < 1.29 is 24.5 Å². The maximum Gasteiger partial charge on any atom is 0.321 e. The predicted octanol–water partition coefficient (Wildman–Crippen LogP) is 0.764. The second-order valence-corrected chi connectivity index (χ2v) is 4.51. The molecule has 1 aromatic rings. The summed E-state index contributed by atoms with van der Waals surface area (Å²) in [7, 11) is 1.24. The number of hydrogen-bond acceptors (Lipinski definition) is 5. The molecule has 1 aromatic carbocycles. The van der Waals surface area contributed by atoms with E-state index in [1.54, 1.807) is 0 Å². The first-order valence-electron chi connectivity index (χ1n) is 4.97. The lowest BCUT2D eigenvalue weighted by molar-refractivity contribution is -0.139. The number of halogens is 1. The third-order valence-electron chi connectivity index (χ3n) is 2.12. The van der Waals surface area contributed by atoms with Gasteiger partial charge in [0.25, 0.3) is 5.91 Å². The van der Waals surface area contributed by atoms with Crippen molar-refractivity contribution in [2.24, 2.45) is 0 Å². The average Bonchev–Trinajstić information content (AvgIpc) is 2.37. The molecule has 0 radical (unpaired) electrons. The molecule has 0 aliphatic heterocycles. The van der Waals surface area contributed by atoms with E-state index < -0.39 is 16.7 Å². The summed E-state index contributed by atoms with van der Waals surface area (Å²) in [6.07, 6.45) is 0. The van der Waals surface area contributed by atoms with Gasteiger partial charge in [-0.25, -0.2) is 0 Å². The van der Waals surface area contributed by atoms with Crippen LogP contribution in [0.4, 0.5) is 0 Å². The molecule has 0 saturated carbocycles. The summed E-state index contributed by atoms with van der Waals surface area (Å²) in [6.45, 7) is 0.000598. The van der Waals surface area contributed by atoms with E-state index in [2.05, 4.69) is 26.0 Å². The van der Waals surface area contributed by atoms with E-state index in [1.807, 2.05) is 0 Å². The third-order valence-corrected chi connectivity index (χ3v) is 2.82. The molecule has 18 heavy (non-hydrogen) atoms. The minimum atomic E-state index is -0.675. The monoisotopic (exact) mass is 317 g/mol. The van der Waals surface area contributed by atoms with Gasteiger partial charge in [-0.1, -0.05) is 15.9 Å². The largest absolute Gasteiger partial charge is 0.508 e. The van der Waals surface area contributed by atoms with E-state index >= 15 is 0 Å². The lowest BCUT2D eigenvalue weighted by Gasteiger charge is -2.10. The van der Waals surface area contributed by atoms with Gasteiger partial charge in [-0.05, 0) is 18.2 Å². The van der Waals surface area contributed by atoms with Gasteiger partial charge in [0.15, 0.2) is 0 Å². The lowest BCUT2D eigenvalue weighted by atomic mass is 10.1. The second kappa shape index (κ2) is 6.25. The number of amides is 1. The molecule has 0 spiro atoms. The highest BCUT2D eigenvalue weighted by molar-refractivity contribution is 9.10. The summed E-state index contributed by atoms with van der Waals surface area (Å²) >= 11 is 3.04. The fourth-order valence-electron chi connectivity index (χ4n) is 1.19. The van der Waals surface area contributed by atoms with Crippen molar-refractivity contribution >= 4 is 27.8 Å². The second-order valence-electron chi connectivity index (χ2n) is 3.40. The van der Waals surface area contributed by atoms with Crippen molar-refractivity contribution in [3.05, 3.63) is 23.8 Å². The van der Waals surface area contributed by atoms with Gasteiger partial charge in [0.1, 0.15) is 16.3 Å². The van der Waals surface area contributed by atoms with E-state index in [0.29, 0.717) is 0 Å². The van der Waals surface area contributed by atoms with Crippen molar-refractivity contribution in [3.8, 4) is 11.5 Å². The minimum absolute atomic E-state index is 0.000598. The number of ether oxygens (including phenoxy) is 1. The van der Waals surface area contributed by atoms with Crippen LogP contribution in [-0.2, 0) is 9.53 Å². The zero-order chi connectivity index (χ0) is 13.7. The summed E-state index contributed by atoms with van der Waals surface area (Å²) in [5.74, 6) is -1.51. The van der Waals surface area contributed by atoms with Gasteiger partial charge in [0.2, 0.25) is 0 Å². The molecule has 0 fully saturated rings. The molecule has 98 valence electrons. The molecule has 1 unspecified atom stereocenters. The molecular formula is C11H12BrNO5. The molecule has 0 bridgehead atoms. The van der Waals surface area contributed by atoms with Crippen molar-refractivity contribution in [1.82, 2.24) is 5.32 Å². The van der Waals surface area contributed by atoms with E-state index in [-0.39, 0.29) is 23.6 Å². The van der Waals surface area contributed by atoms with Crippen LogP contribution >= 0.6 is 15.9 Å².